The van der Waals surface area contributed by atoms with E-state index in [2.05, 4.69) is 5.32 Å². The van der Waals surface area contributed by atoms with Gasteiger partial charge in [-0.05, 0) is 32.0 Å². The fraction of sp³-hybridized carbons (Fsp3) is 0.385. The molecule has 0 unspecified atom stereocenters. The predicted molar refractivity (Wildman–Crippen MR) is 80.8 cm³/mol. The number of amides is 1. The highest BCUT2D eigenvalue weighted by Gasteiger charge is 2.08. The lowest BCUT2D eigenvalue weighted by atomic mass is 10.3. The second-order valence-electron chi connectivity index (χ2n) is 4.25. The Kier molecular flexibility index (Phi) is 6.67. The van der Waals surface area contributed by atoms with Crippen LogP contribution in [0.1, 0.15) is 13.8 Å². The number of hydrogen-bond donors (Lipinski definition) is 2. The van der Waals surface area contributed by atoms with Crippen molar-refractivity contribution in [2.75, 3.05) is 16.8 Å². The number of benzene rings is 1. The number of carbonyl (C=O) groups is 2. The summed E-state index contributed by atoms with van der Waals surface area (Å²) in [7, 11) is 0. The number of ether oxygens (including phenoxy) is 1. The molecule has 1 amide bonds. The lowest BCUT2D eigenvalue weighted by Crippen LogP contribution is -2.15. The summed E-state index contributed by atoms with van der Waals surface area (Å²) in [4.78, 5) is 21.9. The van der Waals surface area contributed by atoms with Gasteiger partial charge in [0.25, 0.3) is 0 Å². The molecule has 2 N–H and O–H groups in total. The minimum Gasteiger partial charge on any atom is -0.489 e. The number of carboxylic acids is 1. The third-order valence-corrected chi connectivity index (χ3v) is 3.25. The van der Waals surface area contributed by atoms with Crippen LogP contribution in [-0.4, -0.2) is 34.6 Å². The molecular formula is C13H16ClNO4S. The van der Waals surface area contributed by atoms with Crippen LogP contribution in [0.15, 0.2) is 18.2 Å². The van der Waals surface area contributed by atoms with Crippen molar-refractivity contribution in [1.82, 2.24) is 0 Å². The third kappa shape index (κ3) is 6.16. The van der Waals surface area contributed by atoms with Gasteiger partial charge in [-0.1, -0.05) is 11.6 Å². The fourth-order valence-electron chi connectivity index (χ4n) is 1.36. The van der Waals surface area contributed by atoms with Gasteiger partial charge in [-0.3, -0.25) is 9.59 Å². The first-order valence-electron chi connectivity index (χ1n) is 5.94. The summed E-state index contributed by atoms with van der Waals surface area (Å²) in [6, 6.07) is 4.96. The first-order valence-corrected chi connectivity index (χ1v) is 7.47. The molecule has 0 aromatic heterocycles. The average molecular weight is 318 g/mol. The Hall–Kier alpha value is -1.40. The van der Waals surface area contributed by atoms with Crippen molar-refractivity contribution in [3.05, 3.63) is 23.2 Å². The fourth-order valence-corrected chi connectivity index (χ4v) is 2.12. The Morgan fingerprint density at radius 3 is 2.65 bits per heavy atom. The van der Waals surface area contributed by atoms with Crippen LogP contribution in [0.25, 0.3) is 0 Å². The van der Waals surface area contributed by atoms with Gasteiger partial charge in [0.1, 0.15) is 5.75 Å². The second-order valence-corrected chi connectivity index (χ2v) is 5.64. The van der Waals surface area contributed by atoms with E-state index < -0.39 is 5.97 Å². The van der Waals surface area contributed by atoms with Gasteiger partial charge >= 0.3 is 5.97 Å². The first kappa shape index (κ1) is 16.7. The number of carbonyl (C=O) groups excluding carboxylic acids is 1. The number of nitrogens with one attached hydrogen (secondary N) is 1. The molecule has 0 spiro atoms. The minimum atomic E-state index is -0.943. The Balaban J connectivity index is 2.54. The van der Waals surface area contributed by atoms with Crippen LogP contribution in [0.4, 0.5) is 5.69 Å². The Morgan fingerprint density at radius 2 is 2.10 bits per heavy atom. The highest BCUT2D eigenvalue weighted by Crippen LogP contribution is 2.28. The van der Waals surface area contributed by atoms with Gasteiger partial charge in [0.2, 0.25) is 5.91 Å². The van der Waals surface area contributed by atoms with Crippen molar-refractivity contribution < 1.29 is 19.4 Å². The van der Waals surface area contributed by atoms with E-state index in [9.17, 15) is 9.59 Å². The molecule has 0 atom stereocenters. The van der Waals surface area contributed by atoms with Crippen LogP contribution in [0.5, 0.6) is 5.75 Å². The van der Waals surface area contributed by atoms with Crippen LogP contribution in [0, 0.1) is 0 Å². The number of rotatable bonds is 7. The van der Waals surface area contributed by atoms with Gasteiger partial charge in [0.15, 0.2) is 0 Å². The molecule has 0 aliphatic carbocycles. The third-order valence-electron chi connectivity index (χ3n) is 2.04. The van der Waals surface area contributed by atoms with Crippen LogP contribution in [0.3, 0.4) is 0 Å². The number of carboxylic acid groups (broad SMARTS) is 1. The van der Waals surface area contributed by atoms with Crippen LogP contribution in [0.2, 0.25) is 5.02 Å². The monoisotopic (exact) mass is 317 g/mol. The maximum absolute atomic E-state index is 11.6. The zero-order valence-electron chi connectivity index (χ0n) is 11.2. The van der Waals surface area contributed by atoms with Crippen LogP contribution in [-0.2, 0) is 9.59 Å². The summed E-state index contributed by atoms with van der Waals surface area (Å²) in [6.45, 7) is 3.79. The SMILES string of the molecule is CC(C)Oc1ccc(NC(=O)CSCC(=O)O)cc1Cl. The standard InChI is InChI=1S/C13H16ClNO4S/c1-8(2)19-11-4-3-9(5-10(11)14)15-12(16)6-20-7-13(17)18/h3-5,8H,6-7H2,1-2H3,(H,15,16)(H,17,18). The van der Waals surface area contributed by atoms with E-state index in [0.29, 0.717) is 16.5 Å². The first-order chi connectivity index (χ1) is 9.38. The molecule has 110 valence electrons. The Bertz CT molecular complexity index is 493. The topological polar surface area (TPSA) is 75.6 Å². The van der Waals surface area contributed by atoms with E-state index in [1.807, 2.05) is 13.8 Å². The normalized spacial score (nSPS) is 10.4. The Morgan fingerprint density at radius 1 is 1.40 bits per heavy atom. The molecule has 1 aromatic carbocycles. The summed E-state index contributed by atoms with van der Waals surface area (Å²) in [5.74, 6) is -0.686. The molecule has 0 radical (unpaired) electrons. The molecule has 0 heterocycles. The molecule has 1 aromatic rings. The number of halogens is 1. The van der Waals surface area contributed by atoms with Crippen LogP contribution >= 0.6 is 23.4 Å². The molecule has 0 saturated heterocycles. The highest BCUT2D eigenvalue weighted by molar-refractivity contribution is 8.00. The summed E-state index contributed by atoms with van der Waals surface area (Å²) in [5, 5.41) is 11.5. The van der Waals surface area contributed by atoms with Crippen molar-refractivity contribution in [2.45, 2.75) is 20.0 Å². The number of thioether (sulfide) groups is 1. The Labute approximate surface area is 126 Å². The van der Waals surface area contributed by atoms with Crippen molar-refractivity contribution in [3.8, 4) is 5.75 Å². The smallest absolute Gasteiger partial charge is 0.313 e. The van der Waals surface area contributed by atoms with Gasteiger partial charge < -0.3 is 15.2 Å². The zero-order valence-corrected chi connectivity index (χ0v) is 12.8. The van der Waals surface area contributed by atoms with E-state index in [1.54, 1.807) is 18.2 Å². The van der Waals surface area contributed by atoms with E-state index in [4.69, 9.17) is 21.4 Å². The van der Waals surface area contributed by atoms with Gasteiger partial charge in [-0.25, -0.2) is 0 Å². The van der Waals surface area contributed by atoms with Crippen molar-refractivity contribution in [3.63, 3.8) is 0 Å². The predicted octanol–water partition coefficient (Wildman–Crippen LogP) is 2.88. The average Bonchev–Trinajstić information content (AvgIpc) is 2.31. The lowest BCUT2D eigenvalue weighted by molar-refractivity contribution is -0.133. The minimum absolute atomic E-state index is 0.0142. The molecule has 1 rings (SSSR count). The van der Waals surface area contributed by atoms with E-state index in [0.717, 1.165) is 11.8 Å². The van der Waals surface area contributed by atoms with Crippen LogP contribution < -0.4 is 10.1 Å². The van der Waals surface area contributed by atoms with Crippen molar-refractivity contribution >= 4 is 40.9 Å². The summed E-state index contributed by atoms with van der Waals surface area (Å²) >= 11 is 7.08. The van der Waals surface area contributed by atoms with Gasteiger partial charge in [0.05, 0.1) is 22.6 Å². The molecule has 20 heavy (non-hydrogen) atoms. The largest absolute Gasteiger partial charge is 0.489 e. The van der Waals surface area contributed by atoms with Gasteiger partial charge in [0, 0.05) is 5.69 Å². The molecule has 0 aliphatic rings. The summed E-state index contributed by atoms with van der Waals surface area (Å²) in [5.41, 5.74) is 0.548. The molecule has 5 nitrogen and oxygen atoms in total. The van der Waals surface area contributed by atoms with E-state index in [-0.39, 0.29) is 23.5 Å². The number of anilines is 1. The summed E-state index contributed by atoms with van der Waals surface area (Å²) in [6.07, 6.45) is 0.0142. The summed E-state index contributed by atoms with van der Waals surface area (Å²) < 4.78 is 5.48. The number of aliphatic carboxylic acids is 1. The molecular weight excluding hydrogens is 302 g/mol. The second kappa shape index (κ2) is 8.01. The maximum atomic E-state index is 11.6. The molecule has 0 saturated carbocycles. The highest BCUT2D eigenvalue weighted by atomic mass is 35.5. The molecule has 0 fully saturated rings. The molecule has 0 bridgehead atoms. The van der Waals surface area contributed by atoms with E-state index >= 15 is 0 Å². The molecule has 0 aliphatic heterocycles. The maximum Gasteiger partial charge on any atom is 0.313 e. The van der Waals surface area contributed by atoms with Gasteiger partial charge in [-0.2, -0.15) is 0 Å². The lowest BCUT2D eigenvalue weighted by Gasteiger charge is -2.12. The van der Waals surface area contributed by atoms with Crippen molar-refractivity contribution in [1.29, 1.82) is 0 Å². The van der Waals surface area contributed by atoms with Crippen molar-refractivity contribution in [2.24, 2.45) is 0 Å². The number of hydrogen-bond acceptors (Lipinski definition) is 4. The van der Waals surface area contributed by atoms with E-state index in [1.165, 1.54) is 0 Å². The molecule has 7 heteroatoms. The zero-order chi connectivity index (χ0) is 15.1. The quantitative estimate of drug-likeness (QED) is 0.808. The van der Waals surface area contributed by atoms with Gasteiger partial charge in [-0.15, -0.1) is 11.8 Å².